The second-order valence-corrected chi connectivity index (χ2v) is 13.3. The molecule has 2 aliphatic heterocycles. The number of aromatic nitrogens is 3. The maximum atomic E-state index is 14.1. The van der Waals surface area contributed by atoms with Crippen LogP contribution in [0.1, 0.15) is 59.9 Å². The highest BCUT2D eigenvalue weighted by Crippen LogP contribution is 2.38. The second-order valence-electron chi connectivity index (χ2n) is 13.3. The third-order valence-electron chi connectivity index (χ3n) is 8.65. The fourth-order valence-electron chi connectivity index (χ4n) is 6.44. The average molecular weight is 686 g/mol. The van der Waals surface area contributed by atoms with Crippen LogP contribution in [0.4, 0.5) is 31.1 Å². The van der Waals surface area contributed by atoms with Crippen molar-refractivity contribution in [3.63, 3.8) is 0 Å². The predicted octanol–water partition coefficient (Wildman–Crippen LogP) is 7.48. The molecule has 1 fully saturated rings. The summed E-state index contributed by atoms with van der Waals surface area (Å²) in [4.78, 5) is 39.3. The summed E-state index contributed by atoms with van der Waals surface area (Å²) < 4.78 is 89.6. The average Bonchev–Trinajstić information content (AvgIpc) is 3.41. The van der Waals surface area contributed by atoms with E-state index in [9.17, 15) is 35.9 Å². The van der Waals surface area contributed by atoms with Crippen LogP contribution in [0.25, 0.3) is 16.5 Å². The summed E-state index contributed by atoms with van der Waals surface area (Å²) in [7, 11) is 0. The van der Waals surface area contributed by atoms with Crippen molar-refractivity contribution in [2.24, 2.45) is 0 Å². The lowest BCUT2D eigenvalue weighted by Gasteiger charge is -2.48. The maximum Gasteiger partial charge on any atom is 0.419 e. The predicted molar refractivity (Wildman–Crippen MR) is 169 cm³/mol. The number of rotatable bonds is 4. The maximum absolute atomic E-state index is 14.1. The number of amides is 1. The molecule has 4 aromatic rings. The number of fused-ring (bicyclic) bond motifs is 2. The van der Waals surface area contributed by atoms with E-state index >= 15 is 0 Å². The molecule has 0 radical (unpaired) electrons. The SMILES string of the molecule is CC(C)(C)OC(=O)n1cc(CC2CN3CC(c4cnccn4)=CCC3CN2C(=O)c2cc(C(F)(F)F)cc(C(F)(F)F)c2)c2ccccc21. The van der Waals surface area contributed by atoms with Crippen molar-refractivity contribution in [2.45, 2.75) is 63.7 Å². The molecular weight excluding hydrogens is 652 g/mol. The zero-order valence-electron chi connectivity index (χ0n) is 26.8. The first kappa shape index (κ1) is 34.2. The Labute approximate surface area is 278 Å². The first-order valence-electron chi connectivity index (χ1n) is 15.6. The van der Waals surface area contributed by atoms with Gasteiger partial charge >= 0.3 is 18.4 Å². The van der Waals surface area contributed by atoms with Gasteiger partial charge in [0, 0.05) is 61.3 Å². The van der Waals surface area contributed by atoms with Gasteiger partial charge in [0.15, 0.2) is 0 Å². The number of hydrogen-bond donors (Lipinski definition) is 0. The Kier molecular flexibility index (Phi) is 8.80. The van der Waals surface area contributed by atoms with Crippen LogP contribution < -0.4 is 0 Å². The van der Waals surface area contributed by atoms with E-state index < -0.39 is 52.7 Å². The number of halogens is 6. The van der Waals surface area contributed by atoms with Crippen LogP contribution in [0.15, 0.2) is 73.3 Å². The number of benzene rings is 2. The lowest BCUT2D eigenvalue weighted by atomic mass is 9.92. The smallest absolute Gasteiger partial charge is 0.419 e. The van der Waals surface area contributed by atoms with E-state index in [2.05, 4.69) is 14.9 Å². The summed E-state index contributed by atoms with van der Waals surface area (Å²) >= 11 is 0. The summed E-state index contributed by atoms with van der Waals surface area (Å²) in [5, 5.41) is 0.695. The van der Waals surface area contributed by atoms with Crippen LogP contribution in [0.2, 0.25) is 0 Å². The Bertz CT molecular complexity index is 1880. The van der Waals surface area contributed by atoms with Crippen LogP contribution >= 0.6 is 0 Å². The van der Waals surface area contributed by atoms with Gasteiger partial charge in [0.05, 0.1) is 28.5 Å². The Balaban J connectivity index is 1.40. The van der Waals surface area contributed by atoms with Gasteiger partial charge in [0.25, 0.3) is 5.91 Å². The molecule has 49 heavy (non-hydrogen) atoms. The van der Waals surface area contributed by atoms with Crippen molar-refractivity contribution in [1.82, 2.24) is 24.3 Å². The van der Waals surface area contributed by atoms with Gasteiger partial charge < -0.3 is 9.64 Å². The molecule has 0 spiro atoms. The zero-order chi connectivity index (χ0) is 35.3. The van der Waals surface area contributed by atoms with Crippen LogP contribution in [-0.4, -0.2) is 73.7 Å². The van der Waals surface area contributed by atoms with E-state index in [0.717, 1.165) is 5.57 Å². The van der Waals surface area contributed by atoms with E-state index in [1.165, 1.54) is 9.47 Å². The third-order valence-corrected chi connectivity index (χ3v) is 8.65. The van der Waals surface area contributed by atoms with E-state index in [4.69, 9.17) is 4.74 Å². The summed E-state index contributed by atoms with van der Waals surface area (Å²) in [5.74, 6) is -0.944. The largest absolute Gasteiger partial charge is 0.443 e. The highest BCUT2D eigenvalue weighted by molar-refractivity contribution is 5.95. The van der Waals surface area contributed by atoms with Crippen molar-refractivity contribution in [2.75, 3.05) is 19.6 Å². The van der Waals surface area contributed by atoms with Crippen LogP contribution in [0.3, 0.4) is 0 Å². The molecule has 2 aliphatic rings. The van der Waals surface area contributed by atoms with Crippen molar-refractivity contribution in [1.29, 1.82) is 0 Å². The van der Waals surface area contributed by atoms with Crippen LogP contribution in [-0.2, 0) is 23.5 Å². The van der Waals surface area contributed by atoms with Gasteiger partial charge in [0.1, 0.15) is 5.60 Å². The minimum absolute atomic E-state index is 0.0116. The molecule has 0 bridgehead atoms. The van der Waals surface area contributed by atoms with Crippen molar-refractivity contribution >= 4 is 28.5 Å². The summed E-state index contributed by atoms with van der Waals surface area (Å²) in [6.45, 7) is 5.96. The molecule has 14 heteroatoms. The second kappa shape index (κ2) is 12.6. The van der Waals surface area contributed by atoms with Gasteiger partial charge in [-0.15, -0.1) is 0 Å². The lowest BCUT2D eigenvalue weighted by molar-refractivity contribution is -0.143. The lowest BCUT2D eigenvalue weighted by Crippen LogP contribution is -2.61. The number of hydrogen-bond acceptors (Lipinski definition) is 6. The molecule has 8 nitrogen and oxygen atoms in total. The highest BCUT2D eigenvalue weighted by atomic mass is 19.4. The Morgan fingerprint density at radius 2 is 1.63 bits per heavy atom. The summed E-state index contributed by atoms with van der Waals surface area (Å²) in [5.41, 5.74) is -1.81. The molecule has 0 saturated carbocycles. The van der Waals surface area contributed by atoms with Crippen molar-refractivity contribution in [3.05, 3.63) is 101 Å². The fraction of sp³-hybridized carbons (Fsp3) is 0.371. The minimum atomic E-state index is -5.11. The minimum Gasteiger partial charge on any atom is -0.443 e. The number of carbonyl (C=O) groups excluding carboxylic acids is 2. The van der Waals surface area contributed by atoms with E-state index in [1.54, 1.807) is 63.8 Å². The Morgan fingerprint density at radius 3 is 2.27 bits per heavy atom. The van der Waals surface area contributed by atoms with E-state index in [0.29, 0.717) is 47.3 Å². The fourth-order valence-corrected chi connectivity index (χ4v) is 6.44. The number of alkyl halides is 6. The normalized spacial score (nSPS) is 19.0. The first-order chi connectivity index (χ1) is 23.0. The van der Waals surface area contributed by atoms with Gasteiger partial charge in [-0.3, -0.25) is 24.2 Å². The monoisotopic (exact) mass is 685 g/mol. The van der Waals surface area contributed by atoms with Crippen LogP contribution in [0, 0.1) is 0 Å². The molecule has 2 aromatic carbocycles. The molecule has 6 rings (SSSR count). The molecule has 1 saturated heterocycles. The highest BCUT2D eigenvalue weighted by Gasteiger charge is 2.41. The molecular formula is C35H33F6N5O3. The topological polar surface area (TPSA) is 80.6 Å². The molecule has 0 aliphatic carbocycles. The number of piperazine rings is 1. The van der Waals surface area contributed by atoms with Gasteiger partial charge in [-0.2, -0.15) is 26.3 Å². The molecule has 1 amide bonds. The van der Waals surface area contributed by atoms with E-state index in [1.807, 2.05) is 12.1 Å². The van der Waals surface area contributed by atoms with Crippen LogP contribution in [0.5, 0.6) is 0 Å². The number of ether oxygens (including phenoxy) is 1. The first-order valence-corrected chi connectivity index (χ1v) is 15.6. The van der Waals surface area contributed by atoms with Gasteiger partial charge in [-0.25, -0.2) is 4.79 Å². The molecule has 2 aromatic heterocycles. The Hall–Kier alpha value is -4.72. The zero-order valence-corrected chi connectivity index (χ0v) is 26.8. The Morgan fingerprint density at radius 1 is 0.939 bits per heavy atom. The van der Waals surface area contributed by atoms with Crippen molar-refractivity contribution < 1.29 is 40.7 Å². The van der Waals surface area contributed by atoms with Crippen molar-refractivity contribution in [3.8, 4) is 0 Å². The number of nitrogens with zero attached hydrogens (tertiary/aromatic N) is 5. The summed E-state index contributed by atoms with van der Waals surface area (Å²) in [6, 6.07) is 7.11. The molecule has 4 heterocycles. The van der Waals surface area contributed by atoms with Gasteiger partial charge in [-0.05, 0) is 69.0 Å². The molecule has 2 unspecified atom stereocenters. The molecule has 0 N–H and O–H groups in total. The number of carbonyl (C=O) groups is 2. The van der Waals surface area contributed by atoms with E-state index in [-0.39, 0.29) is 31.6 Å². The quantitative estimate of drug-likeness (QED) is 0.208. The van der Waals surface area contributed by atoms with Gasteiger partial charge in [0.2, 0.25) is 0 Å². The third kappa shape index (κ3) is 7.33. The molecule has 258 valence electrons. The number of para-hydroxylation sites is 1. The summed E-state index contributed by atoms with van der Waals surface area (Å²) in [6.07, 6.45) is -1.86. The standard InChI is InChI=1S/C35H33F6N5O3/c1-33(2,3)49-32(48)46-18-23(28-6-4-5-7-30(28)46)14-27-19-44-17-21(29-16-42-10-11-43-29)8-9-26(44)20-45(27)31(47)22-12-24(34(36,37)38)15-25(13-22)35(39,40)41/h4-8,10-13,15-16,18,26-27H,9,14,17,19-20H2,1-3H3. The van der Waals surface area contributed by atoms with Gasteiger partial charge in [-0.1, -0.05) is 24.3 Å². The molecule has 2 atom stereocenters.